The van der Waals surface area contributed by atoms with Gasteiger partial charge in [0.15, 0.2) is 4.80 Å². The first-order chi connectivity index (χ1) is 12.5. The third kappa shape index (κ3) is 3.57. The smallest absolute Gasteiger partial charge is 0.337 e. The number of aromatic nitrogens is 1. The van der Waals surface area contributed by atoms with E-state index in [9.17, 15) is 9.59 Å². The lowest BCUT2D eigenvalue weighted by Crippen LogP contribution is -2.16. The van der Waals surface area contributed by atoms with Crippen molar-refractivity contribution < 1.29 is 14.3 Å². The number of benzene rings is 2. The molecule has 5 nitrogen and oxygen atoms in total. The van der Waals surface area contributed by atoms with Crippen LogP contribution in [-0.2, 0) is 11.3 Å². The Labute approximate surface area is 167 Å². The van der Waals surface area contributed by atoms with Crippen LogP contribution in [0.25, 0.3) is 10.2 Å². The predicted molar refractivity (Wildman–Crippen MR) is 109 cm³/mol. The summed E-state index contributed by atoms with van der Waals surface area (Å²) < 4.78 is 8.17. The van der Waals surface area contributed by atoms with Gasteiger partial charge >= 0.3 is 5.97 Å². The third-order valence-corrected chi connectivity index (χ3v) is 5.64. The summed E-state index contributed by atoms with van der Waals surface area (Å²) in [5.41, 5.74) is 1.78. The van der Waals surface area contributed by atoms with Gasteiger partial charge in [0.05, 0.1) is 35.0 Å². The number of methoxy groups -OCH3 is 1. The van der Waals surface area contributed by atoms with Gasteiger partial charge in [-0.15, -0.1) is 6.42 Å². The second-order valence-electron chi connectivity index (χ2n) is 5.25. The monoisotopic (exact) mass is 476 g/mol. The average molecular weight is 476 g/mol. The second-order valence-corrected chi connectivity index (χ2v) is 7.42. The highest BCUT2D eigenvalue weighted by atomic mass is 127. The summed E-state index contributed by atoms with van der Waals surface area (Å²) in [6.45, 7) is 0.273. The minimum absolute atomic E-state index is 0.273. The number of carbonyl (C=O) groups is 2. The Bertz CT molecular complexity index is 1120. The highest BCUT2D eigenvalue weighted by Gasteiger charge is 2.13. The Kier molecular flexibility index (Phi) is 5.54. The Morgan fingerprint density at radius 3 is 2.77 bits per heavy atom. The summed E-state index contributed by atoms with van der Waals surface area (Å²) in [5, 5.41) is 0. The Morgan fingerprint density at radius 1 is 1.31 bits per heavy atom. The van der Waals surface area contributed by atoms with Gasteiger partial charge in [0.25, 0.3) is 5.91 Å². The Hall–Kier alpha value is -2.44. The minimum Gasteiger partial charge on any atom is -0.465 e. The van der Waals surface area contributed by atoms with E-state index in [-0.39, 0.29) is 12.5 Å². The number of amides is 1. The molecule has 130 valence electrons. The van der Waals surface area contributed by atoms with Crippen molar-refractivity contribution in [3.05, 3.63) is 62.0 Å². The van der Waals surface area contributed by atoms with Gasteiger partial charge in [0.1, 0.15) is 0 Å². The number of hydrogen-bond acceptors (Lipinski definition) is 4. The van der Waals surface area contributed by atoms with Crippen LogP contribution in [0.4, 0.5) is 0 Å². The Balaban J connectivity index is 2.17. The fraction of sp³-hybridized carbons (Fsp3) is 0.105. The van der Waals surface area contributed by atoms with E-state index in [0.717, 1.165) is 13.8 Å². The lowest BCUT2D eigenvalue weighted by Gasteiger charge is -2.02. The molecule has 0 atom stereocenters. The van der Waals surface area contributed by atoms with Gasteiger partial charge in [-0.1, -0.05) is 29.4 Å². The molecular formula is C19H13IN2O3S. The molecule has 0 aliphatic heterocycles. The maximum atomic E-state index is 12.6. The number of hydrogen-bond donors (Lipinski definition) is 0. The van der Waals surface area contributed by atoms with Crippen molar-refractivity contribution in [1.29, 1.82) is 0 Å². The molecule has 1 heterocycles. The molecule has 7 heteroatoms. The van der Waals surface area contributed by atoms with Crippen molar-refractivity contribution in [2.24, 2.45) is 4.99 Å². The van der Waals surface area contributed by atoms with Crippen LogP contribution in [0.3, 0.4) is 0 Å². The highest BCUT2D eigenvalue weighted by molar-refractivity contribution is 14.1. The summed E-state index contributed by atoms with van der Waals surface area (Å²) >= 11 is 3.41. The van der Waals surface area contributed by atoms with Gasteiger partial charge in [-0.3, -0.25) is 4.79 Å². The van der Waals surface area contributed by atoms with E-state index in [1.54, 1.807) is 34.9 Å². The first-order valence-electron chi connectivity index (χ1n) is 7.54. The molecule has 1 aromatic heterocycles. The van der Waals surface area contributed by atoms with E-state index < -0.39 is 5.97 Å². The second kappa shape index (κ2) is 7.85. The van der Waals surface area contributed by atoms with Crippen molar-refractivity contribution >= 4 is 56.0 Å². The number of nitrogens with zero attached hydrogens (tertiary/aromatic N) is 2. The quantitative estimate of drug-likeness (QED) is 0.331. The van der Waals surface area contributed by atoms with Gasteiger partial charge in [-0.2, -0.15) is 4.99 Å². The molecule has 26 heavy (non-hydrogen) atoms. The number of esters is 1. The van der Waals surface area contributed by atoms with E-state index in [2.05, 4.69) is 33.5 Å². The molecule has 0 unspecified atom stereocenters. The van der Waals surface area contributed by atoms with E-state index in [0.29, 0.717) is 15.9 Å². The van der Waals surface area contributed by atoms with Gasteiger partial charge in [0.2, 0.25) is 0 Å². The molecule has 0 fully saturated rings. The van der Waals surface area contributed by atoms with Gasteiger partial charge in [-0.05, 0) is 52.9 Å². The van der Waals surface area contributed by atoms with E-state index in [4.69, 9.17) is 11.2 Å². The van der Waals surface area contributed by atoms with Gasteiger partial charge in [-0.25, -0.2) is 4.79 Å². The molecule has 0 N–H and O–H groups in total. The summed E-state index contributed by atoms with van der Waals surface area (Å²) in [5.74, 6) is 1.83. The number of thiazole rings is 1. The van der Waals surface area contributed by atoms with Crippen molar-refractivity contribution in [1.82, 2.24) is 4.57 Å². The van der Waals surface area contributed by atoms with Crippen molar-refractivity contribution in [3.8, 4) is 12.3 Å². The van der Waals surface area contributed by atoms with Crippen LogP contribution in [0.1, 0.15) is 20.7 Å². The van der Waals surface area contributed by atoms with Crippen LogP contribution in [-0.4, -0.2) is 23.6 Å². The van der Waals surface area contributed by atoms with Crippen LogP contribution in [0.2, 0.25) is 0 Å². The number of ether oxygens (including phenoxy) is 1. The SMILES string of the molecule is C#CCn1c(=NC(=O)c2ccccc2I)sc2cc(C(=O)OC)ccc21. The fourth-order valence-corrected chi connectivity index (χ4v) is 4.11. The fourth-order valence-electron chi connectivity index (χ4n) is 2.43. The van der Waals surface area contributed by atoms with E-state index in [1.165, 1.54) is 18.4 Å². The lowest BCUT2D eigenvalue weighted by molar-refractivity contribution is 0.0601. The lowest BCUT2D eigenvalue weighted by atomic mass is 10.2. The molecule has 1 amide bonds. The third-order valence-electron chi connectivity index (χ3n) is 3.65. The maximum Gasteiger partial charge on any atom is 0.337 e. The number of terminal acetylenes is 1. The zero-order valence-electron chi connectivity index (χ0n) is 13.7. The van der Waals surface area contributed by atoms with Crippen LogP contribution in [0, 0.1) is 15.9 Å². The predicted octanol–water partition coefficient (Wildman–Crippen LogP) is 3.47. The zero-order valence-corrected chi connectivity index (χ0v) is 16.7. The number of halogens is 1. The molecule has 0 saturated carbocycles. The summed E-state index contributed by atoms with van der Waals surface area (Å²) in [6.07, 6.45) is 5.48. The average Bonchev–Trinajstić information content (AvgIpc) is 2.98. The molecule has 3 rings (SSSR count). The topological polar surface area (TPSA) is 60.7 Å². The normalized spacial score (nSPS) is 11.3. The molecule has 3 aromatic rings. The number of rotatable bonds is 3. The van der Waals surface area contributed by atoms with Crippen LogP contribution in [0.5, 0.6) is 0 Å². The molecule has 0 aliphatic rings. The summed E-state index contributed by atoms with van der Waals surface area (Å²) in [4.78, 5) is 29.1. The molecule has 0 bridgehead atoms. The van der Waals surface area contributed by atoms with E-state index >= 15 is 0 Å². The van der Waals surface area contributed by atoms with Gasteiger partial charge < -0.3 is 9.30 Å². The maximum absolute atomic E-state index is 12.6. The summed E-state index contributed by atoms with van der Waals surface area (Å²) in [7, 11) is 1.33. The van der Waals surface area contributed by atoms with Crippen LogP contribution in [0.15, 0.2) is 47.5 Å². The highest BCUT2D eigenvalue weighted by Crippen LogP contribution is 2.20. The molecule has 0 saturated heterocycles. The molecule has 0 radical (unpaired) electrons. The van der Waals surface area contributed by atoms with Crippen LogP contribution >= 0.6 is 33.9 Å². The molecule has 0 spiro atoms. The largest absolute Gasteiger partial charge is 0.465 e. The van der Waals surface area contributed by atoms with Crippen LogP contribution < -0.4 is 4.80 Å². The molecule has 0 aliphatic carbocycles. The zero-order chi connectivity index (χ0) is 18.7. The summed E-state index contributed by atoms with van der Waals surface area (Å²) in [6, 6.07) is 12.4. The molecular weight excluding hydrogens is 463 g/mol. The molecule has 2 aromatic carbocycles. The Morgan fingerprint density at radius 2 is 2.08 bits per heavy atom. The first-order valence-corrected chi connectivity index (χ1v) is 9.43. The van der Waals surface area contributed by atoms with E-state index in [1.807, 2.05) is 12.1 Å². The first kappa shape index (κ1) is 18.4. The van der Waals surface area contributed by atoms with Crippen molar-refractivity contribution in [2.45, 2.75) is 6.54 Å². The van der Waals surface area contributed by atoms with Gasteiger partial charge in [0, 0.05) is 3.57 Å². The number of carbonyl (C=O) groups excluding carboxylic acids is 2. The van der Waals surface area contributed by atoms with Crippen molar-refractivity contribution in [2.75, 3.05) is 7.11 Å². The van der Waals surface area contributed by atoms with Crippen molar-refractivity contribution in [3.63, 3.8) is 0 Å². The standard InChI is InChI=1S/C19H13IN2O3S/c1-3-10-22-15-9-8-12(18(24)25-2)11-16(15)26-19(22)21-17(23)13-6-4-5-7-14(13)20/h1,4-9,11H,10H2,2H3. The number of fused-ring (bicyclic) bond motifs is 1. The minimum atomic E-state index is -0.419.